The van der Waals surface area contributed by atoms with Crippen molar-refractivity contribution >= 4 is 22.8 Å². The molecule has 0 N–H and O–H groups in total. The van der Waals surface area contributed by atoms with Crippen molar-refractivity contribution in [2.24, 2.45) is 21.8 Å². The average molecular weight is 392 g/mol. The molecule has 0 fully saturated rings. The molecule has 0 saturated heterocycles. The molecule has 0 saturated carbocycles. The van der Waals surface area contributed by atoms with E-state index in [9.17, 15) is 0 Å². The summed E-state index contributed by atoms with van der Waals surface area (Å²) < 4.78 is 0. The van der Waals surface area contributed by atoms with Crippen molar-refractivity contribution < 1.29 is 0 Å². The minimum atomic E-state index is 0.193. The number of aryl methyl sites for hydroxylation is 2. The molecule has 0 spiro atoms. The second-order valence-electron chi connectivity index (χ2n) is 8.00. The fraction of sp³-hybridized carbons (Fsp3) is 0.214. The first kappa shape index (κ1) is 19.9. The summed E-state index contributed by atoms with van der Waals surface area (Å²) in [5.41, 5.74) is 9.00. The highest BCUT2D eigenvalue weighted by Gasteiger charge is 2.17. The Morgan fingerprint density at radius 2 is 1.30 bits per heavy atom. The molecule has 2 aromatic carbocycles. The van der Waals surface area contributed by atoms with Crippen molar-refractivity contribution in [3.8, 4) is 11.1 Å². The predicted octanol–water partition coefficient (Wildman–Crippen LogP) is 7.44. The minimum absolute atomic E-state index is 0.193. The maximum absolute atomic E-state index is 4.86. The summed E-state index contributed by atoms with van der Waals surface area (Å²) in [5, 5.41) is 0. The Morgan fingerprint density at radius 1 is 0.733 bits per heavy atom. The largest absolute Gasteiger partial charge is 0.257 e. The monoisotopic (exact) mass is 391 g/mol. The average Bonchev–Trinajstić information content (AvgIpc) is 3.45. The van der Waals surface area contributed by atoms with Crippen LogP contribution in [0, 0.1) is 31.8 Å². The highest BCUT2D eigenvalue weighted by atomic mass is 14.8. The molecule has 2 aromatic rings. The third kappa shape index (κ3) is 4.30. The molecule has 2 heteroatoms. The van der Waals surface area contributed by atoms with E-state index in [2.05, 4.69) is 101 Å². The van der Waals surface area contributed by atoms with Crippen LogP contribution in [0.2, 0.25) is 0 Å². The van der Waals surface area contributed by atoms with Crippen molar-refractivity contribution in [3.05, 3.63) is 96.1 Å². The third-order valence-electron chi connectivity index (χ3n) is 5.68. The van der Waals surface area contributed by atoms with Gasteiger partial charge in [0.1, 0.15) is 0 Å². The lowest BCUT2D eigenvalue weighted by molar-refractivity contribution is 1.10. The summed E-state index contributed by atoms with van der Waals surface area (Å²) >= 11 is 0. The first-order valence-corrected chi connectivity index (χ1v) is 10.4. The van der Waals surface area contributed by atoms with Crippen LogP contribution < -0.4 is 0 Å². The van der Waals surface area contributed by atoms with Crippen molar-refractivity contribution in [1.82, 2.24) is 0 Å². The summed E-state index contributed by atoms with van der Waals surface area (Å²) in [6.07, 6.45) is 17.9. The molecule has 0 amide bonds. The Morgan fingerprint density at radius 3 is 1.80 bits per heavy atom. The van der Waals surface area contributed by atoms with E-state index in [4.69, 9.17) is 9.98 Å². The fourth-order valence-corrected chi connectivity index (χ4v) is 3.80. The lowest BCUT2D eigenvalue weighted by Crippen LogP contribution is -2.03. The molecule has 0 aromatic heterocycles. The van der Waals surface area contributed by atoms with Gasteiger partial charge in [-0.3, -0.25) is 9.98 Å². The second kappa shape index (κ2) is 8.57. The van der Waals surface area contributed by atoms with Crippen LogP contribution in [0.5, 0.6) is 0 Å². The second-order valence-corrected chi connectivity index (χ2v) is 8.00. The van der Waals surface area contributed by atoms with E-state index in [1.807, 2.05) is 12.2 Å². The van der Waals surface area contributed by atoms with Crippen LogP contribution in [0.1, 0.15) is 25.0 Å². The first-order chi connectivity index (χ1) is 14.5. The summed E-state index contributed by atoms with van der Waals surface area (Å²) in [5.74, 6) is 0.509. The van der Waals surface area contributed by atoms with Crippen molar-refractivity contribution in [2.45, 2.75) is 27.7 Å². The van der Waals surface area contributed by atoms with Crippen molar-refractivity contribution in [1.29, 1.82) is 0 Å². The van der Waals surface area contributed by atoms with Crippen molar-refractivity contribution in [3.63, 3.8) is 0 Å². The molecule has 0 aliphatic heterocycles. The SMILES string of the molecule is CC(=Nc1ccc(-c2ccc(N=C(C)C3C=CC=C3)c(C)c2)cc1C)C1[C+]=CC=C1. The molecule has 4 rings (SSSR count). The zero-order chi connectivity index (χ0) is 21.1. The van der Waals surface area contributed by atoms with E-state index >= 15 is 0 Å². The lowest BCUT2D eigenvalue weighted by Gasteiger charge is -2.10. The van der Waals surface area contributed by atoms with E-state index in [-0.39, 0.29) is 5.92 Å². The molecule has 2 aliphatic carbocycles. The Labute approximate surface area is 179 Å². The van der Waals surface area contributed by atoms with Gasteiger partial charge in [0, 0.05) is 17.7 Å². The predicted molar refractivity (Wildman–Crippen MR) is 129 cm³/mol. The zero-order valence-electron chi connectivity index (χ0n) is 18.1. The maximum atomic E-state index is 4.86. The number of rotatable bonds is 5. The van der Waals surface area contributed by atoms with Crippen LogP contribution in [0.4, 0.5) is 11.4 Å². The Balaban J connectivity index is 1.57. The molecule has 1 atom stereocenters. The van der Waals surface area contributed by atoms with Crippen LogP contribution in [0.15, 0.2) is 88.9 Å². The molecular weight excluding hydrogens is 364 g/mol. The summed E-state index contributed by atoms with van der Waals surface area (Å²) in [4.78, 5) is 9.69. The fourth-order valence-electron chi connectivity index (χ4n) is 3.80. The van der Waals surface area contributed by atoms with E-state index < -0.39 is 0 Å². The Bertz CT molecular complexity index is 1020. The number of hydrogen-bond acceptors (Lipinski definition) is 2. The van der Waals surface area contributed by atoms with Crippen LogP contribution in [0.3, 0.4) is 0 Å². The number of hydrogen-bond donors (Lipinski definition) is 0. The van der Waals surface area contributed by atoms with E-state index in [1.54, 1.807) is 0 Å². The van der Waals surface area contributed by atoms with E-state index in [0.717, 1.165) is 22.8 Å². The van der Waals surface area contributed by atoms with Gasteiger partial charge in [0.2, 0.25) is 0 Å². The van der Waals surface area contributed by atoms with Crippen LogP contribution in [-0.4, -0.2) is 11.4 Å². The quantitative estimate of drug-likeness (QED) is 0.374. The highest BCUT2D eigenvalue weighted by molar-refractivity contribution is 5.91. The molecular formula is C28H27N2+. The van der Waals surface area contributed by atoms with Gasteiger partial charge in [0.05, 0.1) is 29.2 Å². The number of nitrogens with zero attached hydrogens (tertiary/aromatic N) is 2. The van der Waals surface area contributed by atoms with Gasteiger partial charge in [-0.2, -0.15) is 0 Å². The minimum Gasteiger partial charge on any atom is -0.257 e. The standard InChI is InChI=1S/C28H27N2/c1-19-17-25(13-15-27(19)29-21(3)23-9-5-6-10-23)26-14-16-28(20(2)18-26)30-22(4)24-11-7-8-12-24/h5-11,13-18,23-24H,1-4H3/q+1. The van der Waals surface area contributed by atoms with Crippen LogP contribution in [0.25, 0.3) is 11.1 Å². The van der Waals surface area contributed by atoms with Gasteiger partial charge in [0.25, 0.3) is 0 Å². The molecule has 0 bridgehead atoms. The Hall–Kier alpha value is -3.35. The Kier molecular flexibility index (Phi) is 5.70. The molecule has 148 valence electrons. The van der Waals surface area contributed by atoms with Gasteiger partial charge in [0.15, 0.2) is 12.0 Å². The summed E-state index contributed by atoms with van der Waals surface area (Å²) in [7, 11) is 0. The van der Waals surface area contributed by atoms with Gasteiger partial charge in [-0.25, -0.2) is 0 Å². The smallest absolute Gasteiger partial charge is 0.171 e. The van der Waals surface area contributed by atoms with Gasteiger partial charge in [-0.15, -0.1) is 0 Å². The van der Waals surface area contributed by atoms with Gasteiger partial charge in [-0.1, -0.05) is 36.4 Å². The number of allylic oxidation sites excluding steroid dienone is 8. The lowest BCUT2D eigenvalue weighted by atomic mass is 9.99. The van der Waals surface area contributed by atoms with E-state index in [1.165, 1.54) is 22.3 Å². The zero-order valence-corrected chi connectivity index (χ0v) is 18.1. The summed E-state index contributed by atoms with van der Waals surface area (Å²) in [6, 6.07) is 13.0. The topological polar surface area (TPSA) is 24.7 Å². The summed E-state index contributed by atoms with van der Waals surface area (Å²) in [6.45, 7) is 8.41. The molecule has 30 heavy (non-hydrogen) atoms. The molecule has 1 unspecified atom stereocenters. The number of aliphatic imine (C=N–C) groups is 2. The first-order valence-electron chi connectivity index (χ1n) is 10.4. The van der Waals surface area contributed by atoms with E-state index in [0.29, 0.717) is 5.92 Å². The normalized spacial score (nSPS) is 18.5. The molecule has 2 nitrogen and oxygen atoms in total. The molecule has 2 aliphatic rings. The van der Waals surface area contributed by atoms with Crippen molar-refractivity contribution in [2.75, 3.05) is 0 Å². The molecule has 0 radical (unpaired) electrons. The third-order valence-corrected chi connectivity index (χ3v) is 5.68. The van der Waals surface area contributed by atoms with Gasteiger partial charge < -0.3 is 0 Å². The van der Waals surface area contributed by atoms with Crippen LogP contribution in [-0.2, 0) is 0 Å². The van der Waals surface area contributed by atoms with Gasteiger partial charge in [-0.05, 0) is 74.2 Å². The van der Waals surface area contributed by atoms with Gasteiger partial charge >= 0.3 is 0 Å². The number of benzene rings is 2. The molecule has 0 heterocycles. The maximum Gasteiger partial charge on any atom is 0.171 e. The highest BCUT2D eigenvalue weighted by Crippen LogP contribution is 2.31. The van der Waals surface area contributed by atoms with Crippen LogP contribution >= 0.6 is 0 Å².